The van der Waals surface area contributed by atoms with E-state index < -0.39 is 0 Å². The predicted molar refractivity (Wildman–Crippen MR) is 156 cm³/mol. The quantitative estimate of drug-likeness (QED) is 0.253. The van der Waals surface area contributed by atoms with Gasteiger partial charge in [0.25, 0.3) is 0 Å². The fourth-order valence-electron chi connectivity index (χ4n) is 5.19. The number of fused-ring (bicyclic) bond motifs is 3. The van der Waals surface area contributed by atoms with Gasteiger partial charge in [-0.05, 0) is 40.5 Å². The van der Waals surface area contributed by atoms with Gasteiger partial charge in [0.1, 0.15) is 12.1 Å². The fourth-order valence-corrected chi connectivity index (χ4v) is 5.19. The SMILES string of the molecule is C=C1/C(=C\N(C)Cc2ccccc2)Cc2c(-c3cnn(Cc4ccccc4)c3)ncn2-c2ccc(OC)cc21. The molecule has 5 aromatic rings. The van der Waals surface area contributed by atoms with Crippen LogP contribution in [0.15, 0.2) is 116 Å². The van der Waals surface area contributed by atoms with Crippen LogP contribution >= 0.6 is 0 Å². The minimum atomic E-state index is 0.689. The molecule has 0 unspecified atom stereocenters. The first kappa shape index (κ1) is 24.5. The monoisotopic (exact) mass is 513 g/mol. The number of nitrogens with zero attached hydrogens (tertiary/aromatic N) is 5. The lowest BCUT2D eigenvalue weighted by Gasteiger charge is -2.18. The molecular formula is C33H31N5O. The summed E-state index contributed by atoms with van der Waals surface area (Å²) in [5.41, 5.74) is 9.71. The van der Waals surface area contributed by atoms with E-state index in [1.54, 1.807) is 7.11 Å². The largest absolute Gasteiger partial charge is 0.497 e. The van der Waals surface area contributed by atoms with Gasteiger partial charge < -0.3 is 14.2 Å². The molecule has 6 heteroatoms. The molecule has 194 valence electrons. The summed E-state index contributed by atoms with van der Waals surface area (Å²) in [5, 5.41) is 4.65. The van der Waals surface area contributed by atoms with Crippen LogP contribution in [0, 0.1) is 0 Å². The van der Waals surface area contributed by atoms with Gasteiger partial charge in [0.2, 0.25) is 0 Å². The molecule has 6 rings (SSSR count). The summed E-state index contributed by atoms with van der Waals surface area (Å²) in [6.45, 7) is 6.07. The second-order valence-corrected chi connectivity index (χ2v) is 9.92. The Labute approximate surface area is 229 Å². The van der Waals surface area contributed by atoms with Gasteiger partial charge in [-0.15, -0.1) is 0 Å². The topological polar surface area (TPSA) is 48.1 Å². The third-order valence-corrected chi connectivity index (χ3v) is 7.15. The van der Waals surface area contributed by atoms with E-state index in [-0.39, 0.29) is 0 Å². The zero-order valence-electron chi connectivity index (χ0n) is 22.3. The van der Waals surface area contributed by atoms with Crippen LogP contribution < -0.4 is 4.74 Å². The van der Waals surface area contributed by atoms with Crippen LogP contribution in [0.5, 0.6) is 5.75 Å². The highest BCUT2D eigenvalue weighted by atomic mass is 16.5. The standard InChI is InChI=1S/C33H31N5O/c1-24-27(21-36(2)19-25-10-6-4-7-11-25)16-32-33(28-18-35-37(22-28)20-26-12-8-5-9-13-26)34-23-38(32)31-15-14-29(39-3)17-30(24)31/h4-15,17-18,21-23H,1,16,19-20H2,2-3H3/b27-21-. The summed E-state index contributed by atoms with van der Waals surface area (Å²) in [5.74, 6) is 0.804. The van der Waals surface area contributed by atoms with Crippen molar-refractivity contribution in [3.05, 3.63) is 138 Å². The summed E-state index contributed by atoms with van der Waals surface area (Å²) in [6, 6.07) is 27.0. The third kappa shape index (κ3) is 5.01. The summed E-state index contributed by atoms with van der Waals surface area (Å²) in [6.07, 6.45) is 8.80. The van der Waals surface area contributed by atoms with Crippen LogP contribution in [0.3, 0.4) is 0 Å². The van der Waals surface area contributed by atoms with Gasteiger partial charge in [0.15, 0.2) is 0 Å². The highest BCUT2D eigenvalue weighted by molar-refractivity contribution is 5.85. The Hall–Kier alpha value is -4.84. The van der Waals surface area contributed by atoms with Crippen LogP contribution in [-0.2, 0) is 19.5 Å². The Bertz CT molecular complexity index is 1650. The smallest absolute Gasteiger partial charge is 0.119 e. The van der Waals surface area contributed by atoms with Crippen molar-refractivity contribution in [1.29, 1.82) is 0 Å². The lowest BCUT2D eigenvalue weighted by molar-refractivity contribution is 0.414. The Morgan fingerprint density at radius 2 is 1.74 bits per heavy atom. The molecule has 0 aliphatic carbocycles. The van der Waals surface area contributed by atoms with Crippen LogP contribution in [0.2, 0.25) is 0 Å². The zero-order valence-corrected chi connectivity index (χ0v) is 22.3. The molecule has 1 aliphatic heterocycles. The van der Waals surface area contributed by atoms with Crippen molar-refractivity contribution < 1.29 is 4.74 Å². The van der Waals surface area contributed by atoms with E-state index in [1.807, 2.05) is 35.4 Å². The summed E-state index contributed by atoms with van der Waals surface area (Å²) in [7, 11) is 3.80. The second-order valence-electron chi connectivity index (χ2n) is 9.92. The van der Waals surface area contributed by atoms with E-state index in [0.717, 1.165) is 51.6 Å². The molecule has 0 fully saturated rings. The molecule has 6 nitrogen and oxygen atoms in total. The highest BCUT2D eigenvalue weighted by Gasteiger charge is 2.25. The normalized spacial score (nSPS) is 13.6. The maximum Gasteiger partial charge on any atom is 0.119 e. The summed E-state index contributed by atoms with van der Waals surface area (Å²) >= 11 is 0. The molecule has 0 bridgehead atoms. The van der Waals surface area contributed by atoms with E-state index in [0.29, 0.717) is 13.0 Å². The van der Waals surface area contributed by atoms with Gasteiger partial charge in [-0.1, -0.05) is 67.2 Å². The molecule has 0 spiro atoms. The van der Waals surface area contributed by atoms with E-state index in [2.05, 4.69) is 101 Å². The minimum Gasteiger partial charge on any atom is -0.497 e. The maximum atomic E-state index is 5.57. The van der Waals surface area contributed by atoms with Crippen LogP contribution in [0.4, 0.5) is 0 Å². The number of methoxy groups -OCH3 is 1. The lowest BCUT2D eigenvalue weighted by Crippen LogP contribution is -2.12. The van der Waals surface area contributed by atoms with Crippen molar-refractivity contribution >= 4 is 5.57 Å². The molecule has 3 aromatic carbocycles. The molecule has 0 saturated carbocycles. The number of hydrogen-bond donors (Lipinski definition) is 0. The van der Waals surface area contributed by atoms with Gasteiger partial charge in [0.05, 0.1) is 36.9 Å². The first-order valence-corrected chi connectivity index (χ1v) is 13.0. The van der Waals surface area contributed by atoms with Crippen LogP contribution in [0.25, 0.3) is 22.5 Å². The molecular weight excluding hydrogens is 482 g/mol. The Morgan fingerprint density at radius 1 is 1.00 bits per heavy atom. The summed E-state index contributed by atoms with van der Waals surface area (Å²) in [4.78, 5) is 7.11. The number of allylic oxidation sites excluding steroid dienone is 2. The fraction of sp³-hybridized carbons (Fsp3) is 0.152. The highest BCUT2D eigenvalue weighted by Crippen LogP contribution is 2.39. The molecule has 0 atom stereocenters. The molecule has 1 aliphatic rings. The average Bonchev–Trinajstić information content (AvgIpc) is 3.57. The Morgan fingerprint density at radius 3 is 2.49 bits per heavy atom. The zero-order chi connectivity index (χ0) is 26.8. The number of aromatic nitrogens is 4. The molecule has 0 saturated heterocycles. The molecule has 0 radical (unpaired) electrons. The van der Waals surface area contributed by atoms with Crippen molar-refractivity contribution in [1.82, 2.24) is 24.2 Å². The molecule has 39 heavy (non-hydrogen) atoms. The molecule has 3 heterocycles. The predicted octanol–water partition coefficient (Wildman–Crippen LogP) is 6.38. The van der Waals surface area contributed by atoms with Crippen molar-refractivity contribution in [2.75, 3.05) is 14.2 Å². The number of hydrogen-bond acceptors (Lipinski definition) is 4. The van der Waals surface area contributed by atoms with Gasteiger partial charge in [-0.2, -0.15) is 5.10 Å². The molecule has 2 aromatic heterocycles. The van der Waals surface area contributed by atoms with E-state index in [4.69, 9.17) is 9.72 Å². The first-order chi connectivity index (χ1) is 19.1. The van der Waals surface area contributed by atoms with Crippen LogP contribution in [0.1, 0.15) is 22.4 Å². The van der Waals surface area contributed by atoms with E-state index in [9.17, 15) is 0 Å². The van der Waals surface area contributed by atoms with E-state index in [1.165, 1.54) is 11.1 Å². The van der Waals surface area contributed by atoms with Gasteiger partial charge in [-0.3, -0.25) is 4.68 Å². The minimum absolute atomic E-state index is 0.689. The maximum absolute atomic E-state index is 5.57. The number of imidazole rings is 1. The van der Waals surface area contributed by atoms with Crippen molar-refractivity contribution in [2.24, 2.45) is 0 Å². The van der Waals surface area contributed by atoms with Crippen molar-refractivity contribution in [3.8, 4) is 22.7 Å². The molecule has 0 N–H and O–H groups in total. The number of ether oxygens (including phenoxy) is 1. The first-order valence-electron chi connectivity index (χ1n) is 13.0. The van der Waals surface area contributed by atoms with Crippen molar-refractivity contribution in [2.45, 2.75) is 19.5 Å². The van der Waals surface area contributed by atoms with Gasteiger partial charge in [-0.25, -0.2) is 4.98 Å². The number of benzene rings is 3. The van der Waals surface area contributed by atoms with Gasteiger partial charge in [0, 0.05) is 43.5 Å². The van der Waals surface area contributed by atoms with Crippen LogP contribution in [-0.4, -0.2) is 38.4 Å². The molecule has 0 amide bonds. The van der Waals surface area contributed by atoms with Gasteiger partial charge >= 0.3 is 0 Å². The Balaban J connectivity index is 1.40. The second kappa shape index (κ2) is 10.5. The third-order valence-electron chi connectivity index (χ3n) is 7.15. The average molecular weight is 514 g/mol. The summed E-state index contributed by atoms with van der Waals surface area (Å²) < 4.78 is 9.72. The number of rotatable bonds is 7. The van der Waals surface area contributed by atoms with Crippen molar-refractivity contribution in [3.63, 3.8) is 0 Å². The lowest BCUT2D eigenvalue weighted by atomic mass is 9.96. The van der Waals surface area contributed by atoms with E-state index >= 15 is 0 Å². The Kier molecular flexibility index (Phi) is 6.59.